The molecular weight excluding hydrogens is 210 g/mol. The average Bonchev–Trinajstić information content (AvgIpc) is 2.33. The SMILES string of the molecule is COc1ccccc1-c1cccc(F)c1F. The van der Waals surface area contributed by atoms with Gasteiger partial charge in [-0.25, -0.2) is 8.78 Å². The third-order valence-corrected chi connectivity index (χ3v) is 2.35. The summed E-state index contributed by atoms with van der Waals surface area (Å²) in [5.41, 5.74) is 0.749. The van der Waals surface area contributed by atoms with Gasteiger partial charge in [0.1, 0.15) is 5.75 Å². The van der Waals surface area contributed by atoms with Crippen LogP contribution in [0.2, 0.25) is 0 Å². The maximum atomic E-state index is 13.6. The van der Waals surface area contributed by atoms with Gasteiger partial charge in [0, 0.05) is 11.1 Å². The maximum Gasteiger partial charge on any atom is 0.166 e. The lowest BCUT2D eigenvalue weighted by Gasteiger charge is -2.09. The van der Waals surface area contributed by atoms with E-state index in [1.807, 2.05) is 0 Å². The molecule has 0 saturated carbocycles. The minimum atomic E-state index is -0.858. The van der Waals surface area contributed by atoms with Crippen molar-refractivity contribution in [1.29, 1.82) is 0 Å². The first-order valence-electron chi connectivity index (χ1n) is 4.81. The fourth-order valence-electron chi connectivity index (χ4n) is 1.58. The molecule has 0 fully saturated rings. The minimum Gasteiger partial charge on any atom is -0.496 e. The molecule has 0 amide bonds. The van der Waals surface area contributed by atoms with E-state index in [4.69, 9.17) is 4.74 Å². The van der Waals surface area contributed by atoms with Crippen LogP contribution in [0.3, 0.4) is 0 Å². The van der Waals surface area contributed by atoms with Gasteiger partial charge < -0.3 is 4.74 Å². The molecule has 0 saturated heterocycles. The van der Waals surface area contributed by atoms with E-state index in [1.165, 1.54) is 19.2 Å². The van der Waals surface area contributed by atoms with Crippen molar-refractivity contribution < 1.29 is 13.5 Å². The lowest BCUT2D eigenvalue weighted by Crippen LogP contribution is -1.92. The third kappa shape index (κ3) is 1.76. The molecular formula is C13H10F2O. The third-order valence-electron chi connectivity index (χ3n) is 2.35. The number of hydrogen-bond acceptors (Lipinski definition) is 1. The highest BCUT2D eigenvalue weighted by Gasteiger charge is 2.12. The van der Waals surface area contributed by atoms with Crippen LogP contribution in [0.15, 0.2) is 42.5 Å². The highest BCUT2D eigenvalue weighted by molar-refractivity contribution is 5.70. The summed E-state index contributed by atoms with van der Waals surface area (Å²) in [7, 11) is 1.50. The summed E-state index contributed by atoms with van der Waals surface area (Å²) in [4.78, 5) is 0. The Morgan fingerprint density at radius 2 is 1.56 bits per heavy atom. The summed E-state index contributed by atoms with van der Waals surface area (Å²) < 4.78 is 31.8. The average molecular weight is 220 g/mol. The summed E-state index contributed by atoms with van der Waals surface area (Å²) in [5.74, 6) is -1.19. The molecule has 0 aliphatic rings. The van der Waals surface area contributed by atoms with Gasteiger partial charge in [0.05, 0.1) is 7.11 Å². The Balaban J connectivity index is 2.63. The van der Waals surface area contributed by atoms with Gasteiger partial charge in [0.15, 0.2) is 11.6 Å². The van der Waals surface area contributed by atoms with E-state index >= 15 is 0 Å². The number of hydrogen-bond donors (Lipinski definition) is 0. The van der Waals surface area contributed by atoms with Crippen LogP contribution in [0.5, 0.6) is 5.75 Å². The van der Waals surface area contributed by atoms with Gasteiger partial charge in [-0.2, -0.15) is 0 Å². The predicted molar refractivity (Wildman–Crippen MR) is 58.3 cm³/mol. The Bertz CT molecular complexity index is 509. The molecule has 16 heavy (non-hydrogen) atoms. The zero-order valence-electron chi connectivity index (χ0n) is 8.71. The van der Waals surface area contributed by atoms with E-state index in [2.05, 4.69) is 0 Å². The molecule has 2 aromatic rings. The Labute approximate surface area is 92.3 Å². The quantitative estimate of drug-likeness (QED) is 0.750. The van der Waals surface area contributed by atoms with E-state index < -0.39 is 11.6 Å². The van der Waals surface area contributed by atoms with Crippen LogP contribution < -0.4 is 4.74 Å². The van der Waals surface area contributed by atoms with Crippen LogP contribution in [0.25, 0.3) is 11.1 Å². The zero-order valence-corrected chi connectivity index (χ0v) is 8.71. The first kappa shape index (κ1) is 10.6. The largest absolute Gasteiger partial charge is 0.496 e. The molecule has 1 nitrogen and oxygen atoms in total. The first-order valence-corrected chi connectivity index (χ1v) is 4.81. The second-order valence-corrected chi connectivity index (χ2v) is 3.30. The maximum absolute atomic E-state index is 13.6. The highest BCUT2D eigenvalue weighted by atomic mass is 19.2. The number of para-hydroxylation sites is 1. The van der Waals surface area contributed by atoms with Crippen LogP contribution in [0, 0.1) is 11.6 Å². The Morgan fingerprint density at radius 1 is 0.875 bits per heavy atom. The van der Waals surface area contributed by atoms with Crippen LogP contribution in [-0.4, -0.2) is 7.11 Å². The molecule has 82 valence electrons. The summed E-state index contributed by atoms with van der Waals surface area (Å²) in [6, 6.07) is 11.0. The van der Waals surface area contributed by atoms with E-state index in [-0.39, 0.29) is 5.56 Å². The fourth-order valence-corrected chi connectivity index (χ4v) is 1.58. The lowest BCUT2D eigenvalue weighted by atomic mass is 10.0. The monoisotopic (exact) mass is 220 g/mol. The van der Waals surface area contributed by atoms with Crippen LogP contribution >= 0.6 is 0 Å². The summed E-state index contributed by atoms with van der Waals surface area (Å²) >= 11 is 0. The van der Waals surface area contributed by atoms with Crippen molar-refractivity contribution in [2.75, 3.05) is 7.11 Å². The molecule has 0 unspecified atom stereocenters. The van der Waals surface area contributed by atoms with Gasteiger partial charge in [0.2, 0.25) is 0 Å². The van der Waals surface area contributed by atoms with E-state index in [9.17, 15) is 8.78 Å². The van der Waals surface area contributed by atoms with Crippen molar-refractivity contribution in [1.82, 2.24) is 0 Å². The summed E-state index contributed by atoms with van der Waals surface area (Å²) in [5, 5.41) is 0. The van der Waals surface area contributed by atoms with Crippen molar-refractivity contribution in [3.63, 3.8) is 0 Å². The molecule has 2 rings (SSSR count). The second kappa shape index (κ2) is 4.31. The molecule has 0 radical (unpaired) electrons. The standard InChI is InChI=1S/C13H10F2O/c1-16-12-8-3-2-5-9(12)10-6-4-7-11(14)13(10)15/h2-8H,1H3. The van der Waals surface area contributed by atoms with Crippen molar-refractivity contribution in [2.45, 2.75) is 0 Å². The topological polar surface area (TPSA) is 9.23 Å². The number of methoxy groups -OCH3 is 1. The molecule has 2 aromatic carbocycles. The Morgan fingerprint density at radius 3 is 2.31 bits per heavy atom. The van der Waals surface area contributed by atoms with Crippen LogP contribution in [0.1, 0.15) is 0 Å². The van der Waals surface area contributed by atoms with Gasteiger partial charge in [-0.3, -0.25) is 0 Å². The smallest absolute Gasteiger partial charge is 0.166 e. The van der Waals surface area contributed by atoms with Gasteiger partial charge in [0.25, 0.3) is 0 Å². The van der Waals surface area contributed by atoms with Gasteiger partial charge in [-0.15, -0.1) is 0 Å². The van der Waals surface area contributed by atoms with Crippen LogP contribution in [0.4, 0.5) is 8.78 Å². The Hall–Kier alpha value is -1.90. The number of rotatable bonds is 2. The van der Waals surface area contributed by atoms with Crippen molar-refractivity contribution in [3.05, 3.63) is 54.1 Å². The normalized spacial score (nSPS) is 10.2. The van der Waals surface area contributed by atoms with Crippen molar-refractivity contribution >= 4 is 0 Å². The summed E-state index contributed by atoms with van der Waals surface area (Å²) in [6.45, 7) is 0. The number of benzene rings is 2. The van der Waals surface area contributed by atoms with E-state index in [0.29, 0.717) is 11.3 Å². The molecule has 0 atom stereocenters. The lowest BCUT2D eigenvalue weighted by molar-refractivity contribution is 0.416. The highest BCUT2D eigenvalue weighted by Crippen LogP contribution is 2.31. The molecule has 0 spiro atoms. The number of halogens is 2. The first-order chi connectivity index (χ1) is 7.74. The van der Waals surface area contributed by atoms with Crippen LogP contribution in [-0.2, 0) is 0 Å². The molecule has 0 bridgehead atoms. The zero-order chi connectivity index (χ0) is 11.5. The van der Waals surface area contributed by atoms with Gasteiger partial charge in [-0.05, 0) is 12.1 Å². The summed E-state index contributed by atoms with van der Waals surface area (Å²) in [6.07, 6.45) is 0. The van der Waals surface area contributed by atoms with E-state index in [1.54, 1.807) is 24.3 Å². The second-order valence-electron chi connectivity index (χ2n) is 3.30. The molecule has 0 aromatic heterocycles. The molecule has 0 heterocycles. The van der Waals surface area contributed by atoms with Crippen molar-refractivity contribution in [3.8, 4) is 16.9 Å². The molecule has 3 heteroatoms. The van der Waals surface area contributed by atoms with E-state index in [0.717, 1.165) is 6.07 Å². The van der Waals surface area contributed by atoms with Gasteiger partial charge >= 0.3 is 0 Å². The fraction of sp³-hybridized carbons (Fsp3) is 0.0769. The Kier molecular flexibility index (Phi) is 2.86. The predicted octanol–water partition coefficient (Wildman–Crippen LogP) is 3.64. The van der Waals surface area contributed by atoms with Crippen molar-refractivity contribution in [2.24, 2.45) is 0 Å². The minimum absolute atomic E-state index is 0.206. The molecule has 0 N–H and O–H groups in total. The van der Waals surface area contributed by atoms with Gasteiger partial charge in [-0.1, -0.05) is 30.3 Å². The number of ether oxygens (including phenoxy) is 1. The molecule has 0 aliphatic carbocycles. The molecule has 0 aliphatic heterocycles.